The Morgan fingerprint density at radius 2 is 1.43 bits per heavy atom. The summed E-state index contributed by atoms with van der Waals surface area (Å²) in [6.45, 7) is 8.22. The van der Waals surface area contributed by atoms with Crippen molar-refractivity contribution < 1.29 is 48.9 Å². The van der Waals surface area contributed by atoms with E-state index in [4.69, 9.17) is 10.8 Å². The fraction of sp³-hybridized carbons (Fsp3) is 0.741. The number of nitrogens with one attached hydrogen (secondary N) is 4. The van der Waals surface area contributed by atoms with Crippen LogP contribution in [-0.4, -0.2) is 116 Å². The molecule has 0 aromatic rings. The number of likely N-dealkylation sites (tertiary alicyclic amines) is 1. The molecule has 7 atom stereocenters. The molecule has 44 heavy (non-hydrogen) atoms. The van der Waals surface area contributed by atoms with Crippen LogP contribution in [-0.2, 0) is 33.6 Å². The molecule has 1 fully saturated rings. The highest BCUT2D eigenvalue weighted by atomic mass is 32.1. The monoisotopic (exact) mass is 646 g/mol. The van der Waals surface area contributed by atoms with Crippen LogP contribution in [0.25, 0.3) is 0 Å². The molecule has 0 spiro atoms. The lowest BCUT2D eigenvalue weighted by atomic mass is 10.0. The second kappa shape index (κ2) is 17.8. The summed E-state index contributed by atoms with van der Waals surface area (Å²) in [4.78, 5) is 88.6. The molecule has 1 heterocycles. The van der Waals surface area contributed by atoms with Crippen LogP contribution in [0.15, 0.2) is 0 Å². The van der Waals surface area contributed by atoms with Crippen molar-refractivity contribution in [2.24, 2.45) is 17.6 Å². The van der Waals surface area contributed by atoms with Crippen LogP contribution in [0.4, 0.5) is 0 Å². The number of thiol groups is 1. The molecule has 0 aromatic heterocycles. The van der Waals surface area contributed by atoms with Crippen molar-refractivity contribution in [3.8, 4) is 0 Å². The standard InChI is InChI=1S/C27H46N6O10S/c1-12(2)9-16(27(42)43)29-22(37)17(11-44)30-25(40)21(14(5)34)32-24(39)20(13(3)4)31-23(38)18-7-6-8-33(18)26(41)15(28)10-19(35)36/h12-18,20-21,34,44H,6-11,28H2,1-5H3,(H,29,37)(H,30,40)(H,31,38)(H,32,39)(H,35,36)(H,42,43)/t14-,15+,16+,17+,18+,20+,21+/m1/s1. The molecule has 0 saturated carbocycles. The SMILES string of the molecule is CC(C)C[C@H](NC(=O)[C@H](CS)NC(=O)[C@@H](NC(=O)[C@@H](NC(=O)[C@@H]1CCCN1C(=O)[C@@H](N)CC(=O)O)C(C)C)[C@@H](C)O)C(=O)O. The second-order valence-electron chi connectivity index (χ2n) is 11.6. The number of carboxylic acids is 2. The van der Waals surface area contributed by atoms with Crippen LogP contribution in [0.1, 0.15) is 60.3 Å². The molecule has 0 bridgehead atoms. The number of aliphatic carboxylic acids is 2. The molecule has 0 unspecified atom stereocenters. The summed E-state index contributed by atoms with van der Waals surface area (Å²) in [5.41, 5.74) is 5.70. The fourth-order valence-corrected chi connectivity index (χ4v) is 4.90. The number of hydrogen-bond acceptors (Lipinski definition) is 10. The first-order valence-corrected chi connectivity index (χ1v) is 15.0. The van der Waals surface area contributed by atoms with Crippen molar-refractivity contribution >= 4 is 54.1 Å². The molecule has 1 aliphatic heterocycles. The highest BCUT2D eigenvalue weighted by Crippen LogP contribution is 2.20. The minimum atomic E-state index is -1.57. The van der Waals surface area contributed by atoms with Gasteiger partial charge in [-0.2, -0.15) is 12.6 Å². The van der Waals surface area contributed by atoms with E-state index in [2.05, 4.69) is 33.9 Å². The third-order valence-corrected chi connectivity index (χ3v) is 7.36. The van der Waals surface area contributed by atoms with Gasteiger partial charge in [0.25, 0.3) is 0 Å². The van der Waals surface area contributed by atoms with E-state index in [1.807, 2.05) is 0 Å². The molecule has 0 radical (unpaired) electrons. The molecule has 1 saturated heterocycles. The van der Waals surface area contributed by atoms with E-state index in [0.29, 0.717) is 6.42 Å². The predicted molar refractivity (Wildman–Crippen MR) is 160 cm³/mol. The Hall–Kier alpha value is -3.44. The molecule has 250 valence electrons. The van der Waals surface area contributed by atoms with E-state index >= 15 is 0 Å². The Morgan fingerprint density at radius 3 is 1.91 bits per heavy atom. The Morgan fingerprint density at radius 1 is 0.864 bits per heavy atom. The Bertz CT molecular complexity index is 1070. The van der Waals surface area contributed by atoms with Gasteiger partial charge >= 0.3 is 11.9 Å². The van der Waals surface area contributed by atoms with Crippen molar-refractivity contribution in [2.45, 2.75) is 103 Å². The number of carbonyl (C=O) groups is 7. The number of carbonyl (C=O) groups excluding carboxylic acids is 5. The van der Waals surface area contributed by atoms with Crippen LogP contribution in [0.3, 0.4) is 0 Å². The van der Waals surface area contributed by atoms with Crippen LogP contribution in [0, 0.1) is 11.8 Å². The average molecular weight is 647 g/mol. The summed E-state index contributed by atoms with van der Waals surface area (Å²) in [6, 6.07) is -7.62. The zero-order valence-electron chi connectivity index (χ0n) is 25.6. The van der Waals surface area contributed by atoms with E-state index in [1.165, 1.54) is 11.8 Å². The van der Waals surface area contributed by atoms with E-state index in [0.717, 1.165) is 0 Å². The summed E-state index contributed by atoms with van der Waals surface area (Å²) in [5, 5.41) is 38.4. The molecule has 17 heteroatoms. The molecule has 5 amide bonds. The summed E-state index contributed by atoms with van der Waals surface area (Å²) >= 11 is 4.07. The quantitative estimate of drug-likeness (QED) is 0.0767. The predicted octanol–water partition coefficient (Wildman–Crippen LogP) is -2.18. The Kier molecular flexibility index (Phi) is 15.6. The minimum Gasteiger partial charge on any atom is -0.481 e. The molecule has 0 aromatic carbocycles. The molecule has 16 nitrogen and oxygen atoms in total. The van der Waals surface area contributed by atoms with Gasteiger partial charge in [0.05, 0.1) is 18.6 Å². The molecule has 0 aliphatic carbocycles. The summed E-state index contributed by atoms with van der Waals surface area (Å²) in [7, 11) is 0. The first-order valence-electron chi connectivity index (χ1n) is 14.4. The lowest BCUT2D eigenvalue weighted by Gasteiger charge is -2.30. The van der Waals surface area contributed by atoms with Gasteiger partial charge in [-0.15, -0.1) is 0 Å². The number of carboxylic acid groups (broad SMARTS) is 2. The summed E-state index contributed by atoms with van der Waals surface area (Å²) in [5.74, 6) is -7.27. The highest BCUT2D eigenvalue weighted by molar-refractivity contribution is 7.80. The Balaban J connectivity index is 3.00. The van der Waals surface area contributed by atoms with Crippen LogP contribution >= 0.6 is 12.6 Å². The fourth-order valence-electron chi connectivity index (χ4n) is 4.64. The third kappa shape index (κ3) is 11.6. The number of hydrogen-bond donors (Lipinski definition) is 9. The van der Waals surface area contributed by atoms with Gasteiger partial charge in [-0.05, 0) is 38.0 Å². The van der Waals surface area contributed by atoms with Gasteiger partial charge in [-0.3, -0.25) is 28.8 Å². The largest absolute Gasteiger partial charge is 0.481 e. The molecular weight excluding hydrogens is 600 g/mol. The van der Waals surface area contributed by atoms with Gasteiger partial charge in [-0.1, -0.05) is 27.7 Å². The number of aliphatic hydroxyl groups excluding tert-OH is 1. The van der Waals surface area contributed by atoms with E-state index in [1.54, 1.807) is 27.7 Å². The van der Waals surface area contributed by atoms with Crippen LogP contribution in [0.2, 0.25) is 0 Å². The maximum atomic E-state index is 13.3. The average Bonchev–Trinajstić information content (AvgIpc) is 3.41. The molecular formula is C27H46N6O10S. The third-order valence-electron chi connectivity index (χ3n) is 7.00. The van der Waals surface area contributed by atoms with Crippen molar-refractivity contribution in [3.63, 3.8) is 0 Å². The number of nitrogens with two attached hydrogens (primary N) is 1. The van der Waals surface area contributed by atoms with Crippen molar-refractivity contribution in [1.29, 1.82) is 0 Å². The van der Waals surface area contributed by atoms with Crippen LogP contribution in [0.5, 0.6) is 0 Å². The van der Waals surface area contributed by atoms with Crippen molar-refractivity contribution in [2.75, 3.05) is 12.3 Å². The summed E-state index contributed by atoms with van der Waals surface area (Å²) < 4.78 is 0. The zero-order chi connectivity index (χ0) is 33.9. The van der Waals surface area contributed by atoms with Gasteiger partial charge in [-0.25, -0.2) is 4.79 Å². The highest BCUT2D eigenvalue weighted by Gasteiger charge is 2.39. The van der Waals surface area contributed by atoms with Gasteiger partial charge in [0.1, 0.15) is 30.2 Å². The van der Waals surface area contributed by atoms with E-state index in [-0.39, 0.29) is 31.1 Å². The first kappa shape index (κ1) is 38.6. The van der Waals surface area contributed by atoms with Gasteiger partial charge in [0, 0.05) is 12.3 Å². The Labute approximate surface area is 261 Å². The van der Waals surface area contributed by atoms with Gasteiger partial charge in [0.2, 0.25) is 29.5 Å². The first-order chi connectivity index (χ1) is 20.4. The van der Waals surface area contributed by atoms with E-state index in [9.17, 15) is 43.8 Å². The molecule has 1 aliphatic rings. The number of nitrogens with zero attached hydrogens (tertiary/aromatic N) is 1. The smallest absolute Gasteiger partial charge is 0.326 e. The lowest BCUT2D eigenvalue weighted by molar-refractivity contribution is -0.144. The maximum absolute atomic E-state index is 13.3. The van der Waals surface area contributed by atoms with Crippen molar-refractivity contribution in [1.82, 2.24) is 26.2 Å². The normalized spacial score (nSPS) is 18.9. The minimum absolute atomic E-state index is 0.0450. The molecule has 9 N–H and O–H groups in total. The topological polar surface area (TPSA) is 258 Å². The number of aliphatic hydroxyl groups is 1. The van der Waals surface area contributed by atoms with Crippen LogP contribution < -0.4 is 27.0 Å². The van der Waals surface area contributed by atoms with Gasteiger partial charge < -0.3 is 47.2 Å². The summed E-state index contributed by atoms with van der Waals surface area (Å²) in [6.07, 6.45) is -1.20. The second-order valence-corrected chi connectivity index (χ2v) is 12.0. The maximum Gasteiger partial charge on any atom is 0.326 e. The number of amides is 5. The number of rotatable bonds is 17. The van der Waals surface area contributed by atoms with Crippen molar-refractivity contribution in [3.05, 3.63) is 0 Å². The van der Waals surface area contributed by atoms with E-state index < -0.39 is 96.2 Å². The zero-order valence-corrected chi connectivity index (χ0v) is 26.5. The lowest BCUT2D eigenvalue weighted by Crippen LogP contribution is -2.62. The van der Waals surface area contributed by atoms with Gasteiger partial charge in [0.15, 0.2) is 0 Å². The molecule has 1 rings (SSSR count).